The third-order valence-electron chi connectivity index (χ3n) is 5.39. The van der Waals surface area contributed by atoms with Gasteiger partial charge in [-0.05, 0) is 60.4 Å². The molecule has 1 fully saturated rings. The summed E-state index contributed by atoms with van der Waals surface area (Å²) in [5, 5.41) is 10.3. The molecule has 148 valence electrons. The summed E-state index contributed by atoms with van der Waals surface area (Å²) < 4.78 is 13.1. The van der Waals surface area contributed by atoms with Crippen LogP contribution in [-0.4, -0.2) is 27.0 Å². The molecule has 1 saturated heterocycles. The van der Waals surface area contributed by atoms with Crippen molar-refractivity contribution >= 4 is 17.6 Å². The molecule has 3 aromatic rings. The number of nitrogens with zero attached hydrogens (tertiary/aromatic N) is 2. The molecule has 6 heteroatoms. The predicted molar refractivity (Wildman–Crippen MR) is 110 cm³/mol. The van der Waals surface area contributed by atoms with E-state index in [1.165, 1.54) is 12.1 Å². The van der Waals surface area contributed by atoms with Gasteiger partial charge in [0.15, 0.2) is 0 Å². The minimum Gasteiger partial charge on any atom is -0.480 e. The summed E-state index contributed by atoms with van der Waals surface area (Å²) in [4.78, 5) is 18.3. The summed E-state index contributed by atoms with van der Waals surface area (Å²) in [7, 11) is 0. The fourth-order valence-corrected chi connectivity index (χ4v) is 4.21. The molecule has 0 aliphatic carbocycles. The molecular formula is C23H20ClFN2O2. The van der Waals surface area contributed by atoms with Crippen molar-refractivity contribution in [1.29, 1.82) is 0 Å². The van der Waals surface area contributed by atoms with Crippen LogP contribution in [0.15, 0.2) is 66.9 Å². The Kier molecular flexibility index (Phi) is 5.60. The van der Waals surface area contributed by atoms with Crippen molar-refractivity contribution < 1.29 is 14.3 Å². The largest absolute Gasteiger partial charge is 0.480 e. The van der Waals surface area contributed by atoms with Gasteiger partial charge in [-0.15, -0.1) is 0 Å². The van der Waals surface area contributed by atoms with E-state index in [2.05, 4.69) is 4.98 Å². The Morgan fingerprint density at radius 2 is 1.86 bits per heavy atom. The molecule has 2 aromatic carbocycles. The molecule has 1 aliphatic heterocycles. The number of rotatable bonds is 5. The minimum atomic E-state index is -0.824. The number of pyridine rings is 1. The maximum atomic E-state index is 13.1. The molecule has 2 atom stereocenters. The lowest BCUT2D eigenvalue weighted by molar-refractivity contribution is -0.142. The van der Waals surface area contributed by atoms with Crippen molar-refractivity contribution in [1.82, 2.24) is 9.88 Å². The van der Waals surface area contributed by atoms with E-state index in [1.807, 2.05) is 41.3 Å². The molecule has 0 radical (unpaired) electrons. The average molecular weight is 411 g/mol. The smallest absolute Gasteiger partial charge is 0.320 e. The van der Waals surface area contributed by atoms with E-state index < -0.39 is 12.0 Å². The molecule has 1 aliphatic rings. The lowest BCUT2D eigenvalue weighted by atomic mass is 10.0. The van der Waals surface area contributed by atoms with Crippen molar-refractivity contribution in [3.05, 3.63) is 88.8 Å². The zero-order valence-electron chi connectivity index (χ0n) is 15.6. The summed E-state index contributed by atoms with van der Waals surface area (Å²) in [5.41, 5.74) is 3.44. The average Bonchev–Trinajstić information content (AvgIpc) is 3.13. The zero-order chi connectivity index (χ0) is 20.4. The van der Waals surface area contributed by atoms with Gasteiger partial charge in [0.1, 0.15) is 11.9 Å². The fourth-order valence-electron chi connectivity index (χ4n) is 3.95. The second kappa shape index (κ2) is 8.31. The quantitative estimate of drug-likeness (QED) is 0.617. The first-order valence-electron chi connectivity index (χ1n) is 9.47. The van der Waals surface area contributed by atoms with E-state index in [-0.39, 0.29) is 11.9 Å². The van der Waals surface area contributed by atoms with Crippen LogP contribution in [0.5, 0.6) is 0 Å². The summed E-state index contributed by atoms with van der Waals surface area (Å²) in [6.45, 7) is 0.462. The third kappa shape index (κ3) is 4.16. The van der Waals surface area contributed by atoms with Crippen LogP contribution in [0.2, 0.25) is 5.02 Å². The Morgan fingerprint density at radius 3 is 2.52 bits per heavy atom. The maximum absolute atomic E-state index is 13.1. The summed E-state index contributed by atoms with van der Waals surface area (Å²) in [5.74, 6) is -1.11. The molecule has 4 nitrogen and oxygen atoms in total. The van der Waals surface area contributed by atoms with Gasteiger partial charge in [0.25, 0.3) is 0 Å². The lowest BCUT2D eigenvalue weighted by Crippen LogP contribution is -2.37. The molecule has 2 heterocycles. The van der Waals surface area contributed by atoms with E-state index >= 15 is 0 Å². The topological polar surface area (TPSA) is 53.4 Å². The van der Waals surface area contributed by atoms with Crippen LogP contribution in [0.1, 0.15) is 30.0 Å². The number of carboxylic acid groups (broad SMARTS) is 1. The molecule has 0 bridgehead atoms. The first-order valence-corrected chi connectivity index (χ1v) is 9.84. The Bertz CT molecular complexity index is 1010. The highest BCUT2D eigenvalue weighted by Crippen LogP contribution is 2.40. The number of hydrogen-bond acceptors (Lipinski definition) is 3. The predicted octanol–water partition coefficient (Wildman–Crippen LogP) is 5.33. The van der Waals surface area contributed by atoms with Gasteiger partial charge in [0.2, 0.25) is 0 Å². The molecule has 0 unspecified atom stereocenters. The molecule has 0 saturated carbocycles. The van der Waals surface area contributed by atoms with Gasteiger partial charge in [-0.2, -0.15) is 0 Å². The van der Waals surface area contributed by atoms with Gasteiger partial charge in [-0.25, -0.2) is 4.39 Å². The van der Waals surface area contributed by atoms with Crippen molar-refractivity contribution in [2.24, 2.45) is 0 Å². The molecule has 1 N–H and O–H groups in total. The number of aliphatic carboxylic acids is 1. The van der Waals surface area contributed by atoms with Crippen molar-refractivity contribution in [3.63, 3.8) is 0 Å². The van der Waals surface area contributed by atoms with Gasteiger partial charge in [0, 0.05) is 29.4 Å². The van der Waals surface area contributed by atoms with Crippen LogP contribution in [0, 0.1) is 5.82 Å². The van der Waals surface area contributed by atoms with E-state index in [0.29, 0.717) is 18.0 Å². The first-order chi connectivity index (χ1) is 14.0. The number of aromatic nitrogens is 1. The van der Waals surface area contributed by atoms with E-state index in [0.717, 1.165) is 28.8 Å². The van der Waals surface area contributed by atoms with Crippen LogP contribution in [0.25, 0.3) is 11.3 Å². The Labute approximate surface area is 173 Å². The normalized spacial score (nSPS) is 19.4. The zero-order valence-corrected chi connectivity index (χ0v) is 16.4. The lowest BCUT2D eigenvalue weighted by Gasteiger charge is -2.29. The molecule has 0 amide bonds. The second-order valence-corrected chi connectivity index (χ2v) is 7.61. The highest BCUT2D eigenvalue weighted by molar-refractivity contribution is 6.31. The van der Waals surface area contributed by atoms with Crippen LogP contribution in [-0.2, 0) is 11.3 Å². The Balaban J connectivity index is 1.58. The summed E-state index contributed by atoms with van der Waals surface area (Å²) in [6.07, 6.45) is 3.06. The molecule has 1 aromatic heterocycles. The molecular weight excluding hydrogens is 391 g/mol. The SMILES string of the molecule is O=C(O)[C@@H]1CC[C@H](c2ccccc2Cl)N1Cc1ccc(-c2ccc(F)cc2)nc1. The second-order valence-electron chi connectivity index (χ2n) is 7.20. The Hall–Kier alpha value is -2.76. The number of hydrogen-bond donors (Lipinski definition) is 1. The van der Waals surface area contributed by atoms with E-state index in [1.54, 1.807) is 18.3 Å². The van der Waals surface area contributed by atoms with Crippen LogP contribution in [0.3, 0.4) is 0 Å². The number of halogens is 2. The van der Waals surface area contributed by atoms with Crippen LogP contribution < -0.4 is 0 Å². The maximum Gasteiger partial charge on any atom is 0.320 e. The number of carbonyl (C=O) groups is 1. The van der Waals surface area contributed by atoms with Gasteiger partial charge >= 0.3 is 5.97 Å². The van der Waals surface area contributed by atoms with E-state index in [9.17, 15) is 14.3 Å². The number of benzene rings is 2. The van der Waals surface area contributed by atoms with Crippen LogP contribution >= 0.6 is 11.6 Å². The summed E-state index contributed by atoms with van der Waals surface area (Å²) in [6, 6.07) is 17.0. The van der Waals surface area contributed by atoms with Crippen molar-refractivity contribution in [2.75, 3.05) is 0 Å². The number of carboxylic acids is 1. The highest BCUT2D eigenvalue weighted by Gasteiger charge is 2.39. The third-order valence-corrected chi connectivity index (χ3v) is 5.74. The molecule has 4 rings (SSSR count). The van der Waals surface area contributed by atoms with Crippen LogP contribution in [0.4, 0.5) is 4.39 Å². The van der Waals surface area contributed by atoms with Gasteiger partial charge in [0.05, 0.1) is 5.69 Å². The minimum absolute atomic E-state index is 0.0541. The fraction of sp³-hybridized carbons (Fsp3) is 0.217. The van der Waals surface area contributed by atoms with Gasteiger partial charge < -0.3 is 5.11 Å². The first kappa shape index (κ1) is 19.6. The molecule has 29 heavy (non-hydrogen) atoms. The Morgan fingerprint density at radius 1 is 1.10 bits per heavy atom. The van der Waals surface area contributed by atoms with E-state index in [4.69, 9.17) is 11.6 Å². The summed E-state index contributed by atoms with van der Waals surface area (Å²) >= 11 is 6.39. The highest BCUT2D eigenvalue weighted by atomic mass is 35.5. The molecule has 0 spiro atoms. The monoisotopic (exact) mass is 410 g/mol. The standard InChI is InChI=1S/C23H20ClFN2O2/c24-19-4-2-1-3-18(19)21-11-12-22(23(28)29)27(21)14-15-5-10-20(26-13-15)16-6-8-17(25)9-7-16/h1-10,13,21-22H,11-12,14H2,(H,28,29)/t21-,22+/m1/s1. The number of likely N-dealkylation sites (tertiary alicyclic amines) is 1. The van der Waals surface area contributed by atoms with Gasteiger partial charge in [-0.3, -0.25) is 14.7 Å². The van der Waals surface area contributed by atoms with Crippen molar-refractivity contribution in [3.8, 4) is 11.3 Å². The van der Waals surface area contributed by atoms with Crippen molar-refractivity contribution in [2.45, 2.75) is 31.5 Å². The van der Waals surface area contributed by atoms with Gasteiger partial charge in [-0.1, -0.05) is 35.9 Å².